The highest BCUT2D eigenvalue weighted by Gasteiger charge is 2.13. The van der Waals surface area contributed by atoms with Crippen LogP contribution in [0, 0.1) is 5.41 Å². The van der Waals surface area contributed by atoms with E-state index in [0.717, 1.165) is 19.5 Å². The van der Waals surface area contributed by atoms with Crippen LogP contribution in [-0.4, -0.2) is 18.1 Å². The zero-order chi connectivity index (χ0) is 13.8. The number of aromatic nitrogens is 1. The number of anilines is 2. The van der Waals surface area contributed by atoms with Crippen LogP contribution < -0.4 is 10.6 Å². The molecule has 1 aromatic rings. The molecular formula is C13H21Cl2N3. The molecule has 2 N–H and O–H groups in total. The topological polar surface area (TPSA) is 37.0 Å². The highest BCUT2D eigenvalue weighted by Crippen LogP contribution is 2.29. The average Bonchev–Trinajstić information content (AvgIpc) is 2.25. The van der Waals surface area contributed by atoms with Crippen LogP contribution in [0.1, 0.15) is 34.1 Å². The van der Waals surface area contributed by atoms with Crippen LogP contribution >= 0.6 is 23.2 Å². The van der Waals surface area contributed by atoms with Crippen molar-refractivity contribution in [2.75, 3.05) is 23.7 Å². The molecule has 18 heavy (non-hydrogen) atoms. The van der Waals surface area contributed by atoms with Gasteiger partial charge in [-0.1, -0.05) is 50.9 Å². The number of nitrogens with one attached hydrogen (secondary N) is 2. The van der Waals surface area contributed by atoms with Crippen molar-refractivity contribution < 1.29 is 0 Å². The zero-order valence-corrected chi connectivity index (χ0v) is 12.9. The Kier molecular flexibility index (Phi) is 5.54. The lowest BCUT2D eigenvalue weighted by atomic mass is 9.97. The van der Waals surface area contributed by atoms with E-state index in [-0.39, 0.29) is 5.41 Å². The Balaban J connectivity index is 2.84. The summed E-state index contributed by atoms with van der Waals surface area (Å²) < 4.78 is 0. The summed E-state index contributed by atoms with van der Waals surface area (Å²) in [6.07, 6.45) is 1.02. The SMILES string of the molecule is CCCNc1nc(NCC(C)(C)C)c(Cl)cc1Cl. The fraction of sp³-hybridized carbons (Fsp3) is 0.615. The maximum absolute atomic E-state index is 6.13. The molecule has 0 aliphatic carbocycles. The standard InChI is InChI=1S/C13H21Cl2N3/c1-5-6-16-11-9(14)7-10(15)12(18-11)17-8-13(2,3)4/h7H,5-6,8H2,1-4H3,(H2,16,17,18). The van der Waals surface area contributed by atoms with Gasteiger partial charge < -0.3 is 10.6 Å². The van der Waals surface area contributed by atoms with E-state index in [1.54, 1.807) is 6.07 Å². The molecular weight excluding hydrogens is 269 g/mol. The van der Waals surface area contributed by atoms with Crippen LogP contribution in [0.15, 0.2) is 6.07 Å². The summed E-state index contributed by atoms with van der Waals surface area (Å²) in [5.74, 6) is 1.36. The first-order valence-corrected chi connectivity index (χ1v) is 6.93. The summed E-state index contributed by atoms with van der Waals surface area (Å²) in [5.41, 5.74) is 0.168. The van der Waals surface area contributed by atoms with E-state index in [1.165, 1.54) is 0 Å². The molecule has 1 aromatic heterocycles. The van der Waals surface area contributed by atoms with Gasteiger partial charge in [-0.2, -0.15) is 0 Å². The molecule has 0 spiro atoms. The Bertz CT molecular complexity index is 400. The number of rotatable bonds is 5. The first-order chi connectivity index (χ1) is 8.33. The van der Waals surface area contributed by atoms with Crippen molar-refractivity contribution in [2.45, 2.75) is 34.1 Å². The summed E-state index contributed by atoms with van der Waals surface area (Å²) in [4.78, 5) is 4.43. The van der Waals surface area contributed by atoms with Gasteiger partial charge in [0.05, 0.1) is 10.0 Å². The third-order valence-electron chi connectivity index (χ3n) is 2.26. The molecule has 1 heterocycles. The van der Waals surface area contributed by atoms with Gasteiger partial charge in [-0.05, 0) is 17.9 Å². The first kappa shape index (κ1) is 15.4. The Labute approximate surface area is 119 Å². The third-order valence-corrected chi connectivity index (χ3v) is 2.83. The first-order valence-electron chi connectivity index (χ1n) is 6.17. The van der Waals surface area contributed by atoms with E-state index in [4.69, 9.17) is 23.2 Å². The summed E-state index contributed by atoms with van der Waals surface area (Å²) in [7, 11) is 0. The van der Waals surface area contributed by atoms with Gasteiger partial charge in [-0.25, -0.2) is 4.98 Å². The van der Waals surface area contributed by atoms with E-state index in [0.29, 0.717) is 21.7 Å². The summed E-state index contributed by atoms with van der Waals surface area (Å²) in [6.45, 7) is 10.2. The summed E-state index contributed by atoms with van der Waals surface area (Å²) in [5, 5.41) is 7.54. The highest BCUT2D eigenvalue weighted by molar-refractivity contribution is 6.37. The van der Waals surface area contributed by atoms with Crippen molar-refractivity contribution in [3.63, 3.8) is 0 Å². The van der Waals surface area contributed by atoms with E-state index < -0.39 is 0 Å². The zero-order valence-electron chi connectivity index (χ0n) is 11.4. The summed E-state index contributed by atoms with van der Waals surface area (Å²) >= 11 is 12.2. The molecule has 0 bridgehead atoms. The van der Waals surface area contributed by atoms with Gasteiger partial charge in [0.1, 0.15) is 11.6 Å². The molecule has 0 aliphatic rings. The highest BCUT2D eigenvalue weighted by atomic mass is 35.5. The third kappa shape index (κ3) is 4.91. The molecule has 0 saturated carbocycles. The molecule has 0 saturated heterocycles. The Morgan fingerprint density at radius 1 is 1.11 bits per heavy atom. The van der Waals surface area contributed by atoms with Gasteiger partial charge in [0.2, 0.25) is 0 Å². The van der Waals surface area contributed by atoms with E-state index >= 15 is 0 Å². The van der Waals surface area contributed by atoms with Crippen molar-refractivity contribution >= 4 is 34.8 Å². The number of nitrogens with zero attached hydrogens (tertiary/aromatic N) is 1. The second kappa shape index (κ2) is 6.48. The Morgan fingerprint density at radius 2 is 1.67 bits per heavy atom. The number of pyridine rings is 1. The van der Waals surface area contributed by atoms with Crippen molar-refractivity contribution in [2.24, 2.45) is 5.41 Å². The fourth-order valence-corrected chi connectivity index (χ4v) is 1.80. The second-order valence-corrected chi connectivity index (χ2v) is 6.30. The molecule has 0 fully saturated rings. The van der Waals surface area contributed by atoms with Crippen LogP contribution in [0.25, 0.3) is 0 Å². The maximum Gasteiger partial charge on any atom is 0.147 e. The van der Waals surface area contributed by atoms with Crippen LogP contribution in [-0.2, 0) is 0 Å². The molecule has 0 unspecified atom stereocenters. The smallest absolute Gasteiger partial charge is 0.147 e. The molecule has 3 nitrogen and oxygen atoms in total. The lowest BCUT2D eigenvalue weighted by Crippen LogP contribution is -2.20. The van der Waals surface area contributed by atoms with Gasteiger partial charge in [0.15, 0.2) is 0 Å². The van der Waals surface area contributed by atoms with Gasteiger partial charge in [-0.3, -0.25) is 0 Å². The van der Waals surface area contributed by atoms with Gasteiger partial charge in [0.25, 0.3) is 0 Å². The van der Waals surface area contributed by atoms with E-state index in [2.05, 4.69) is 43.3 Å². The number of hydrogen-bond donors (Lipinski definition) is 2. The van der Waals surface area contributed by atoms with Crippen molar-refractivity contribution in [3.8, 4) is 0 Å². The second-order valence-electron chi connectivity index (χ2n) is 5.49. The van der Waals surface area contributed by atoms with Crippen LogP contribution in [0.5, 0.6) is 0 Å². The average molecular weight is 290 g/mol. The van der Waals surface area contributed by atoms with E-state index in [9.17, 15) is 0 Å². The monoisotopic (exact) mass is 289 g/mol. The molecule has 0 atom stereocenters. The summed E-state index contributed by atoms with van der Waals surface area (Å²) in [6, 6.07) is 1.72. The number of halogens is 2. The Morgan fingerprint density at radius 3 is 2.17 bits per heavy atom. The minimum atomic E-state index is 0.168. The quantitative estimate of drug-likeness (QED) is 0.827. The minimum absolute atomic E-state index is 0.168. The molecule has 0 amide bonds. The fourth-order valence-electron chi connectivity index (χ4n) is 1.31. The largest absolute Gasteiger partial charge is 0.369 e. The van der Waals surface area contributed by atoms with Crippen molar-refractivity contribution in [1.29, 1.82) is 0 Å². The van der Waals surface area contributed by atoms with Gasteiger partial charge in [0, 0.05) is 13.1 Å². The van der Waals surface area contributed by atoms with Crippen LogP contribution in [0.3, 0.4) is 0 Å². The van der Waals surface area contributed by atoms with Gasteiger partial charge in [-0.15, -0.1) is 0 Å². The van der Waals surface area contributed by atoms with Crippen molar-refractivity contribution in [3.05, 3.63) is 16.1 Å². The molecule has 102 valence electrons. The van der Waals surface area contributed by atoms with Gasteiger partial charge >= 0.3 is 0 Å². The molecule has 0 aromatic carbocycles. The van der Waals surface area contributed by atoms with Crippen molar-refractivity contribution in [1.82, 2.24) is 4.98 Å². The lowest BCUT2D eigenvalue weighted by Gasteiger charge is -2.20. The Hall–Kier alpha value is -0.670. The van der Waals surface area contributed by atoms with Crippen LogP contribution in [0.2, 0.25) is 10.0 Å². The molecule has 5 heteroatoms. The predicted octanol–water partition coefficient (Wildman–Crippen LogP) is 4.67. The predicted molar refractivity (Wildman–Crippen MR) is 81.0 cm³/mol. The maximum atomic E-state index is 6.13. The van der Waals surface area contributed by atoms with E-state index in [1.807, 2.05) is 0 Å². The minimum Gasteiger partial charge on any atom is -0.369 e. The molecule has 1 rings (SSSR count). The molecule has 0 aliphatic heterocycles. The lowest BCUT2D eigenvalue weighted by molar-refractivity contribution is 0.442. The number of hydrogen-bond acceptors (Lipinski definition) is 3. The normalized spacial score (nSPS) is 11.4. The van der Waals surface area contributed by atoms with Crippen LogP contribution in [0.4, 0.5) is 11.6 Å². The molecule has 0 radical (unpaired) electrons.